The van der Waals surface area contributed by atoms with Crippen LogP contribution < -0.4 is 10.6 Å². The highest BCUT2D eigenvalue weighted by Gasteiger charge is 2.29. The van der Waals surface area contributed by atoms with Gasteiger partial charge < -0.3 is 15.5 Å². The molecule has 5 aromatic rings. The van der Waals surface area contributed by atoms with Gasteiger partial charge in [0.05, 0.1) is 26.8 Å². The molecule has 7 rings (SSSR count). The van der Waals surface area contributed by atoms with Gasteiger partial charge in [0.2, 0.25) is 0 Å². The molecule has 2 aliphatic heterocycles. The number of rotatable bonds is 9. The summed E-state index contributed by atoms with van der Waals surface area (Å²) in [7, 11) is 2.19. The average molecular weight is 712 g/mol. The number of amides is 2. The number of fused-ring (bicyclic) bond motifs is 1. The minimum atomic E-state index is -0.322. The van der Waals surface area contributed by atoms with E-state index in [0.29, 0.717) is 11.3 Å². The van der Waals surface area contributed by atoms with Gasteiger partial charge in [-0.05, 0) is 98.4 Å². The summed E-state index contributed by atoms with van der Waals surface area (Å²) in [5.74, 6) is -0.322. The minimum absolute atomic E-state index is 0.109. The van der Waals surface area contributed by atoms with Crippen LogP contribution in [0.3, 0.4) is 0 Å². The van der Waals surface area contributed by atoms with Crippen molar-refractivity contribution in [2.24, 2.45) is 0 Å². The van der Waals surface area contributed by atoms with E-state index in [0.717, 1.165) is 69.9 Å². The second-order valence-corrected chi connectivity index (χ2v) is 15.4. The highest BCUT2D eigenvalue weighted by Crippen LogP contribution is 2.34. The first-order chi connectivity index (χ1) is 24.2. The molecular weight excluding hydrogens is 666 g/mol. The molecule has 11 heteroatoms. The van der Waals surface area contributed by atoms with Crippen molar-refractivity contribution in [1.29, 1.82) is 0 Å². The van der Waals surface area contributed by atoms with E-state index in [2.05, 4.69) is 99.1 Å². The van der Waals surface area contributed by atoms with E-state index in [1.54, 1.807) is 31.0 Å². The Balaban J connectivity index is 0.000000174. The topological polar surface area (TPSA) is 76.6 Å². The van der Waals surface area contributed by atoms with Gasteiger partial charge in [-0.1, -0.05) is 43.2 Å². The van der Waals surface area contributed by atoms with Crippen LogP contribution in [-0.2, 0) is 13.0 Å². The lowest BCUT2D eigenvalue weighted by Crippen LogP contribution is -2.57. The molecule has 0 spiro atoms. The molecule has 2 amide bonds. The third-order valence-corrected chi connectivity index (χ3v) is 11.2. The molecule has 5 heterocycles. The van der Waals surface area contributed by atoms with E-state index < -0.39 is 0 Å². The molecule has 262 valence electrons. The number of piperazine rings is 1. The molecule has 0 atom stereocenters. The number of benzene rings is 2. The maximum atomic E-state index is 13.5. The van der Waals surface area contributed by atoms with E-state index in [-0.39, 0.29) is 17.9 Å². The number of nitrogens with zero attached hydrogens (tertiary/aromatic N) is 5. The second-order valence-electron chi connectivity index (χ2n) is 13.2. The molecule has 8 nitrogen and oxygen atoms in total. The van der Waals surface area contributed by atoms with Crippen molar-refractivity contribution in [1.82, 2.24) is 29.4 Å². The zero-order valence-corrected chi connectivity index (χ0v) is 30.9. The van der Waals surface area contributed by atoms with Gasteiger partial charge in [0, 0.05) is 68.8 Å². The zero-order valence-electron chi connectivity index (χ0n) is 29.3. The minimum Gasteiger partial charge on any atom is -0.332 e. The van der Waals surface area contributed by atoms with Crippen LogP contribution >= 0.6 is 23.3 Å². The fraction of sp³-hybridized carbons (Fsp3) is 0.359. The lowest BCUT2D eigenvalue weighted by atomic mass is 10.1. The lowest BCUT2D eigenvalue weighted by molar-refractivity contribution is 0.148. The Kier molecular flexibility index (Phi) is 12.1. The fourth-order valence-electron chi connectivity index (χ4n) is 5.89. The number of halogens is 1. The van der Waals surface area contributed by atoms with Crippen LogP contribution in [0.25, 0.3) is 20.8 Å². The smallest absolute Gasteiger partial charge is 0.319 e. The molecule has 2 aromatic carbocycles. The van der Waals surface area contributed by atoms with Crippen LogP contribution in [0.1, 0.15) is 35.6 Å². The van der Waals surface area contributed by atoms with E-state index in [4.69, 9.17) is 4.98 Å². The molecule has 50 heavy (non-hydrogen) atoms. The van der Waals surface area contributed by atoms with Gasteiger partial charge in [0.25, 0.3) is 0 Å². The van der Waals surface area contributed by atoms with Crippen LogP contribution in [0.15, 0.2) is 84.0 Å². The van der Waals surface area contributed by atoms with Crippen molar-refractivity contribution >= 4 is 45.2 Å². The van der Waals surface area contributed by atoms with E-state index >= 15 is 0 Å². The van der Waals surface area contributed by atoms with Gasteiger partial charge in [0.15, 0.2) is 0 Å². The first-order valence-corrected chi connectivity index (χ1v) is 18.9. The van der Waals surface area contributed by atoms with Crippen molar-refractivity contribution in [2.45, 2.75) is 51.1 Å². The summed E-state index contributed by atoms with van der Waals surface area (Å²) in [5, 5.41) is 5.56. The number of likely N-dealkylation sites (N-methyl/N-ethyl adjacent to an activating group) is 1. The number of thiophene rings is 1. The van der Waals surface area contributed by atoms with Crippen molar-refractivity contribution in [2.75, 3.05) is 51.6 Å². The predicted octanol–water partition coefficient (Wildman–Crippen LogP) is 8.01. The van der Waals surface area contributed by atoms with E-state index in [1.165, 1.54) is 37.2 Å². The third-order valence-electron chi connectivity index (χ3n) is 8.96. The summed E-state index contributed by atoms with van der Waals surface area (Å²) in [5.41, 5.74) is 7.11. The second kappa shape index (κ2) is 16.9. The van der Waals surface area contributed by atoms with Crippen LogP contribution in [0.5, 0.6) is 0 Å². The maximum absolute atomic E-state index is 13.5. The van der Waals surface area contributed by atoms with Crippen LogP contribution in [0.4, 0.5) is 14.9 Å². The SMILES string of the molecule is CCCc1ccnc2cc(-c3ccc(CN4CCN(C)CC4)cn3)sc12.Cc1ccc(SN2CC(NC(=O)Nc3ccc(C)c(F)c3)C2)cc1. The van der Waals surface area contributed by atoms with E-state index in [9.17, 15) is 9.18 Å². The normalized spacial score (nSPS) is 15.7. The Morgan fingerprint density at radius 2 is 1.76 bits per heavy atom. The molecule has 0 aliphatic carbocycles. The van der Waals surface area contributed by atoms with Gasteiger partial charge in [-0.2, -0.15) is 0 Å². The van der Waals surface area contributed by atoms with Gasteiger partial charge in [-0.3, -0.25) is 14.9 Å². The third kappa shape index (κ3) is 9.67. The number of aryl methyl sites for hydroxylation is 3. The average Bonchev–Trinajstić information content (AvgIpc) is 3.54. The molecule has 2 N–H and O–H groups in total. The van der Waals surface area contributed by atoms with Crippen molar-refractivity contribution in [3.8, 4) is 10.6 Å². The summed E-state index contributed by atoms with van der Waals surface area (Å²) in [4.78, 5) is 28.5. The number of carbonyl (C=O) groups is 1. The van der Waals surface area contributed by atoms with Crippen LogP contribution in [-0.4, -0.2) is 82.5 Å². The first-order valence-electron chi connectivity index (χ1n) is 17.3. The molecular formula is C39H46FN7OS2. The van der Waals surface area contributed by atoms with Crippen LogP contribution in [0.2, 0.25) is 0 Å². The Morgan fingerprint density at radius 3 is 2.46 bits per heavy atom. The van der Waals surface area contributed by atoms with E-state index in [1.807, 2.05) is 23.7 Å². The van der Waals surface area contributed by atoms with Gasteiger partial charge in [-0.15, -0.1) is 11.3 Å². The lowest BCUT2D eigenvalue weighted by Gasteiger charge is -2.38. The Hall–Kier alpha value is -3.87. The van der Waals surface area contributed by atoms with Gasteiger partial charge in [-0.25, -0.2) is 13.5 Å². The summed E-state index contributed by atoms with van der Waals surface area (Å²) in [6.07, 6.45) is 6.23. The number of anilines is 1. The Bertz CT molecular complexity index is 1870. The monoisotopic (exact) mass is 711 g/mol. The standard InChI is InChI=1S/C21H26N4S.C18H20FN3OS/c1-3-4-17-7-8-22-19-13-20(26-21(17)19)18-6-5-16(14-23-18)15-25-11-9-24(2)10-12-25;1-12-3-7-16(8-4-12)24-22-10-15(11-22)21-18(23)20-14-6-5-13(2)17(19)9-14/h5-8,13-14H,3-4,9-12,15H2,1-2H3;3-9,15H,10-11H2,1-2H3,(H2,20,21,23). The van der Waals surface area contributed by atoms with Crippen molar-refractivity contribution in [3.05, 3.63) is 107 Å². The summed E-state index contributed by atoms with van der Waals surface area (Å²) in [6, 6.07) is 21.6. The van der Waals surface area contributed by atoms with Crippen molar-refractivity contribution < 1.29 is 9.18 Å². The summed E-state index contributed by atoms with van der Waals surface area (Å²) < 4.78 is 17.0. The predicted molar refractivity (Wildman–Crippen MR) is 205 cm³/mol. The fourth-order valence-corrected chi connectivity index (χ4v) is 8.08. The Morgan fingerprint density at radius 1 is 0.980 bits per heavy atom. The first kappa shape index (κ1) is 35.9. The quantitative estimate of drug-likeness (QED) is 0.150. The number of pyridine rings is 2. The molecule has 3 aromatic heterocycles. The highest BCUT2D eigenvalue weighted by atomic mass is 32.2. The van der Waals surface area contributed by atoms with Crippen molar-refractivity contribution in [3.63, 3.8) is 0 Å². The number of aromatic nitrogens is 2. The number of carbonyl (C=O) groups excluding carboxylic acids is 1. The van der Waals surface area contributed by atoms with Crippen LogP contribution in [0, 0.1) is 19.7 Å². The highest BCUT2D eigenvalue weighted by molar-refractivity contribution is 7.97. The molecule has 0 unspecified atom stereocenters. The maximum Gasteiger partial charge on any atom is 0.319 e. The molecule has 2 fully saturated rings. The molecule has 0 saturated carbocycles. The molecule has 0 radical (unpaired) electrons. The molecule has 2 aliphatic rings. The Labute approximate surface area is 303 Å². The number of urea groups is 1. The van der Waals surface area contributed by atoms with Gasteiger partial charge >= 0.3 is 6.03 Å². The molecule has 0 bridgehead atoms. The summed E-state index contributed by atoms with van der Waals surface area (Å²) in [6.45, 7) is 13.1. The number of nitrogens with one attached hydrogen (secondary N) is 2. The largest absolute Gasteiger partial charge is 0.332 e. The number of hydrogen-bond acceptors (Lipinski definition) is 8. The molecule has 2 saturated heterocycles. The van der Waals surface area contributed by atoms with Gasteiger partial charge in [0.1, 0.15) is 5.82 Å². The zero-order chi connectivity index (χ0) is 35.0. The summed E-state index contributed by atoms with van der Waals surface area (Å²) >= 11 is 3.51. The number of hydrogen-bond donors (Lipinski definition) is 2.